The molecule has 2 atom stereocenters. The summed E-state index contributed by atoms with van der Waals surface area (Å²) >= 11 is 0. The van der Waals surface area contributed by atoms with Crippen molar-refractivity contribution in [2.45, 2.75) is 69.9 Å². The lowest BCUT2D eigenvalue weighted by Gasteiger charge is -2.51. The van der Waals surface area contributed by atoms with Crippen LogP contribution in [0.4, 0.5) is 0 Å². The Morgan fingerprint density at radius 1 is 1.08 bits per heavy atom. The summed E-state index contributed by atoms with van der Waals surface area (Å²) in [5.74, 6) is 0.966. The first-order chi connectivity index (χ1) is 12.5. The van der Waals surface area contributed by atoms with Crippen LogP contribution in [-0.4, -0.2) is 59.6 Å². The van der Waals surface area contributed by atoms with E-state index in [1.807, 2.05) is 13.8 Å². The summed E-state index contributed by atoms with van der Waals surface area (Å²) in [5, 5.41) is 4.26. The molecule has 1 aromatic rings. The van der Waals surface area contributed by atoms with Crippen LogP contribution in [0, 0.1) is 18.8 Å². The fourth-order valence-electron chi connectivity index (χ4n) is 5.51. The predicted molar refractivity (Wildman–Crippen MR) is 101 cm³/mol. The van der Waals surface area contributed by atoms with E-state index in [2.05, 4.69) is 10.00 Å². The van der Waals surface area contributed by atoms with Gasteiger partial charge in [0.2, 0.25) is 10.0 Å². The number of aromatic nitrogens is 2. The largest absolute Gasteiger partial charge is 0.300 e. The van der Waals surface area contributed by atoms with E-state index in [9.17, 15) is 8.42 Å². The van der Waals surface area contributed by atoms with Crippen LogP contribution >= 0.6 is 0 Å². The molecule has 0 amide bonds. The maximum Gasteiger partial charge on any atom is 0.246 e. The molecule has 3 fully saturated rings. The number of piperidine rings is 2. The number of likely N-dealkylation sites (tertiary alicyclic amines) is 1. The summed E-state index contributed by atoms with van der Waals surface area (Å²) in [7, 11) is -3.45. The van der Waals surface area contributed by atoms with Gasteiger partial charge in [0.25, 0.3) is 0 Å². The number of aryl methyl sites for hydroxylation is 1. The molecule has 1 aromatic heterocycles. The predicted octanol–water partition coefficient (Wildman–Crippen LogP) is 2.49. The van der Waals surface area contributed by atoms with Gasteiger partial charge in [-0.2, -0.15) is 9.40 Å². The molecule has 2 aliphatic heterocycles. The Kier molecular flexibility index (Phi) is 5.14. The maximum absolute atomic E-state index is 13.3. The Bertz CT molecular complexity index is 725. The van der Waals surface area contributed by atoms with Crippen LogP contribution in [0.1, 0.15) is 51.1 Å². The first-order valence-corrected chi connectivity index (χ1v) is 11.7. The molecule has 26 heavy (non-hydrogen) atoms. The molecule has 1 aliphatic carbocycles. The number of nitrogens with zero attached hydrogens (tertiary/aromatic N) is 4. The highest BCUT2D eigenvalue weighted by Gasteiger charge is 2.46. The minimum absolute atomic E-state index is 0.397. The molecule has 0 spiro atoms. The molecule has 2 unspecified atom stereocenters. The summed E-state index contributed by atoms with van der Waals surface area (Å²) in [6.45, 7) is 8.31. The molecule has 1 saturated carbocycles. The van der Waals surface area contributed by atoms with Gasteiger partial charge < -0.3 is 0 Å². The van der Waals surface area contributed by atoms with Crippen LogP contribution in [0.5, 0.6) is 0 Å². The second kappa shape index (κ2) is 7.24. The third kappa shape index (κ3) is 3.12. The molecule has 2 saturated heterocycles. The normalized spacial score (nSPS) is 31.2. The highest BCUT2D eigenvalue weighted by Crippen LogP contribution is 2.40. The average molecular weight is 381 g/mol. The van der Waals surface area contributed by atoms with Crippen molar-refractivity contribution in [3.8, 4) is 0 Å². The van der Waals surface area contributed by atoms with E-state index < -0.39 is 10.0 Å². The van der Waals surface area contributed by atoms with Gasteiger partial charge in [-0.05, 0) is 64.5 Å². The highest BCUT2D eigenvalue weighted by atomic mass is 32.2. The van der Waals surface area contributed by atoms with Crippen molar-refractivity contribution in [3.05, 3.63) is 11.9 Å². The third-order valence-electron chi connectivity index (χ3n) is 6.78. The Labute approximate surface area is 157 Å². The zero-order chi connectivity index (χ0) is 18.3. The van der Waals surface area contributed by atoms with Crippen molar-refractivity contribution in [3.63, 3.8) is 0 Å². The maximum atomic E-state index is 13.3. The van der Waals surface area contributed by atoms with Crippen molar-refractivity contribution < 1.29 is 8.42 Å². The first-order valence-electron chi connectivity index (χ1n) is 10.3. The summed E-state index contributed by atoms with van der Waals surface area (Å²) in [6, 6.07) is 0.593. The second-order valence-electron chi connectivity index (χ2n) is 8.27. The van der Waals surface area contributed by atoms with Gasteiger partial charge >= 0.3 is 0 Å². The van der Waals surface area contributed by atoms with E-state index in [-0.39, 0.29) is 0 Å². The van der Waals surface area contributed by atoms with Crippen LogP contribution in [0.15, 0.2) is 11.1 Å². The Morgan fingerprint density at radius 3 is 2.31 bits per heavy atom. The number of sulfonamides is 1. The lowest BCUT2D eigenvalue weighted by Crippen LogP contribution is -2.59. The van der Waals surface area contributed by atoms with Crippen molar-refractivity contribution in [1.29, 1.82) is 0 Å². The van der Waals surface area contributed by atoms with Crippen molar-refractivity contribution in [2.24, 2.45) is 11.8 Å². The van der Waals surface area contributed by atoms with Gasteiger partial charge in [-0.1, -0.05) is 12.8 Å². The molecule has 6 nitrogen and oxygen atoms in total. The van der Waals surface area contributed by atoms with E-state index >= 15 is 0 Å². The van der Waals surface area contributed by atoms with Crippen LogP contribution in [-0.2, 0) is 16.6 Å². The minimum Gasteiger partial charge on any atom is -0.300 e. The molecule has 0 radical (unpaired) electrons. The van der Waals surface area contributed by atoms with Crippen LogP contribution in [0.25, 0.3) is 0 Å². The van der Waals surface area contributed by atoms with Crippen molar-refractivity contribution in [1.82, 2.24) is 19.0 Å². The molecular weight excluding hydrogens is 348 g/mol. The van der Waals surface area contributed by atoms with Gasteiger partial charge in [0.1, 0.15) is 4.90 Å². The average Bonchev–Trinajstić information content (AvgIpc) is 3.02. The smallest absolute Gasteiger partial charge is 0.246 e. The van der Waals surface area contributed by atoms with E-state index in [0.29, 0.717) is 42.4 Å². The van der Waals surface area contributed by atoms with Gasteiger partial charge in [0, 0.05) is 25.7 Å². The molecular formula is C19H32N4O2S. The fraction of sp³-hybridized carbons (Fsp3) is 0.842. The van der Waals surface area contributed by atoms with Gasteiger partial charge in [-0.25, -0.2) is 8.42 Å². The minimum atomic E-state index is -3.45. The van der Waals surface area contributed by atoms with Crippen molar-refractivity contribution >= 4 is 10.0 Å². The summed E-state index contributed by atoms with van der Waals surface area (Å²) in [6.07, 6.45) is 9.06. The number of rotatable bonds is 4. The number of hydrogen-bond acceptors (Lipinski definition) is 4. The Hall–Kier alpha value is -0.920. The molecule has 7 heteroatoms. The second-order valence-corrected chi connectivity index (χ2v) is 10.2. The zero-order valence-electron chi connectivity index (χ0n) is 16.1. The topological polar surface area (TPSA) is 58.4 Å². The highest BCUT2D eigenvalue weighted by molar-refractivity contribution is 7.89. The Balaban J connectivity index is 1.57. The van der Waals surface area contributed by atoms with Gasteiger partial charge in [-0.15, -0.1) is 0 Å². The van der Waals surface area contributed by atoms with Crippen molar-refractivity contribution in [2.75, 3.05) is 26.2 Å². The van der Waals surface area contributed by atoms with Crippen LogP contribution < -0.4 is 0 Å². The first kappa shape index (κ1) is 18.4. The SMILES string of the molecule is CCn1ncc(S(=O)(=O)N2CC3CCCC(C2)C3N2CCCCC2)c1C. The summed E-state index contributed by atoms with van der Waals surface area (Å²) < 4.78 is 30.2. The molecule has 146 valence electrons. The van der Waals surface area contributed by atoms with Gasteiger partial charge in [-0.3, -0.25) is 9.58 Å². The quantitative estimate of drug-likeness (QED) is 0.805. The Morgan fingerprint density at radius 2 is 1.73 bits per heavy atom. The van der Waals surface area contributed by atoms with Crippen LogP contribution in [0.2, 0.25) is 0 Å². The summed E-state index contributed by atoms with van der Waals surface area (Å²) in [4.78, 5) is 3.08. The van der Waals surface area contributed by atoms with Crippen LogP contribution in [0.3, 0.4) is 0 Å². The fourth-order valence-corrected chi connectivity index (χ4v) is 7.23. The molecule has 0 N–H and O–H groups in total. The van der Waals surface area contributed by atoms with Gasteiger partial charge in [0.05, 0.1) is 11.9 Å². The monoisotopic (exact) mass is 380 g/mol. The van der Waals surface area contributed by atoms with E-state index in [0.717, 1.165) is 18.5 Å². The lowest BCUT2D eigenvalue weighted by molar-refractivity contribution is -0.00312. The molecule has 0 aromatic carbocycles. The number of fused-ring (bicyclic) bond motifs is 2. The molecule has 2 bridgehead atoms. The summed E-state index contributed by atoms with van der Waals surface area (Å²) in [5.41, 5.74) is 0.760. The lowest BCUT2D eigenvalue weighted by atomic mass is 9.73. The number of hydrogen-bond donors (Lipinski definition) is 0. The van der Waals surface area contributed by atoms with E-state index in [1.165, 1.54) is 38.8 Å². The molecule has 3 heterocycles. The van der Waals surface area contributed by atoms with Gasteiger partial charge in [0.15, 0.2) is 0 Å². The van der Waals surface area contributed by atoms with E-state index in [1.54, 1.807) is 15.2 Å². The third-order valence-corrected chi connectivity index (χ3v) is 8.71. The standard InChI is InChI=1S/C19H32N4O2S/c1-3-23-15(2)18(12-20-23)26(24,25)22-13-16-8-7-9-17(14-22)19(16)21-10-5-4-6-11-21/h12,16-17,19H,3-11,13-14H2,1-2H3. The van der Waals surface area contributed by atoms with E-state index in [4.69, 9.17) is 0 Å². The molecule has 3 aliphatic rings. The molecule has 4 rings (SSSR count). The zero-order valence-corrected chi connectivity index (χ0v) is 16.9.